The lowest BCUT2D eigenvalue weighted by Gasteiger charge is -2.31. The summed E-state index contributed by atoms with van der Waals surface area (Å²) >= 11 is 0. The first-order valence-corrected chi connectivity index (χ1v) is 11.3. The van der Waals surface area contributed by atoms with Gasteiger partial charge in [0.1, 0.15) is 5.66 Å². The van der Waals surface area contributed by atoms with E-state index in [1.807, 2.05) is 51.1 Å². The topological polar surface area (TPSA) is 54.0 Å². The molecule has 5 nitrogen and oxygen atoms in total. The first-order valence-electron chi connectivity index (χ1n) is 9.71. The summed E-state index contributed by atoms with van der Waals surface area (Å²) in [6.45, 7) is 8.43. The Hall–Kier alpha value is -0.970. The molecule has 0 saturated heterocycles. The highest BCUT2D eigenvalue weighted by atomic mass is 31.2. The second kappa shape index (κ2) is 12.5. The van der Waals surface area contributed by atoms with Gasteiger partial charge in [-0.3, -0.25) is 4.57 Å². The molecule has 1 aromatic carbocycles. The van der Waals surface area contributed by atoms with Crippen LogP contribution in [0.25, 0.3) is 0 Å². The maximum atomic E-state index is 13.9. The Bertz CT molecular complexity index is 615. The summed E-state index contributed by atoms with van der Waals surface area (Å²) in [7, 11) is -0.240. The van der Waals surface area contributed by atoms with Crippen LogP contribution in [-0.4, -0.2) is 27.4 Å². The van der Waals surface area contributed by atoms with E-state index >= 15 is 0 Å². The fourth-order valence-electron chi connectivity index (χ4n) is 3.26. The maximum Gasteiger partial charge on any atom is 0.342 e. The SMILES string of the molecule is C/C=C(\CCCC)C(c1ccccc1C(OC)OC)P(=O)(OCC)OCC. The lowest BCUT2D eigenvalue weighted by molar-refractivity contribution is -0.106. The maximum absolute atomic E-state index is 13.9. The lowest BCUT2D eigenvalue weighted by atomic mass is 9.95. The number of rotatable bonds is 13. The molecular formula is C21H35O5P. The molecule has 0 amide bonds. The van der Waals surface area contributed by atoms with Crippen molar-refractivity contribution in [3.8, 4) is 0 Å². The van der Waals surface area contributed by atoms with Crippen LogP contribution in [0.3, 0.4) is 0 Å². The number of unbranched alkanes of at least 4 members (excludes halogenated alkanes) is 1. The fraction of sp³-hybridized carbons (Fsp3) is 0.619. The Labute approximate surface area is 164 Å². The Morgan fingerprint density at radius 1 is 1.04 bits per heavy atom. The van der Waals surface area contributed by atoms with Gasteiger partial charge in [0.05, 0.1) is 13.2 Å². The van der Waals surface area contributed by atoms with Gasteiger partial charge in [0, 0.05) is 19.8 Å². The van der Waals surface area contributed by atoms with Gasteiger partial charge in [-0.05, 0) is 39.2 Å². The van der Waals surface area contributed by atoms with E-state index in [0.29, 0.717) is 13.2 Å². The van der Waals surface area contributed by atoms with Crippen LogP contribution in [0.1, 0.15) is 70.0 Å². The molecule has 0 fully saturated rings. The summed E-state index contributed by atoms with van der Waals surface area (Å²) in [6, 6.07) is 7.76. The van der Waals surface area contributed by atoms with Crippen LogP contribution in [0, 0.1) is 0 Å². The highest BCUT2D eigenvalue weighted by molar-refractivity contribution is 7.54. The molecule has 0 radical (unpaired) electrons. The predicted octanol–water partition coefficient (Wildman–Crippen LogP) is 6.42. The largest absolute Gasteiger partial charge is 0.352 e. The first-order chi connectivity index (χ1) is 13.0. The molecule has 0 N–H and O–H groups in total. The molecule has 0 aromatic heterocycles. The average Bonchev–Trinajstić information content (AvgIpc) is 2.67. The molecule has 1 rings (SSSR count). The third-order valence-electron chi connectivity index (χ3n) is 4.45. The average molecular weight is 398 g/mol. The fourth-order valence-corrected chi connectivity index (χ4v) is 5.62. The van der Waals surface area contributed by atoms with E-state index in [9.17, 15) is 4.57 Å². The molecular weight excluding hydrogens is 363 g/mol. The zero-order chi connectivity index (χ0) is 20.3. The van der Waals surface area contributed by atoms with Gasteiger partial charge in [0.2, 0.25) is 0 Å². The standard InChI is InChI=1S/C21H35O5P/c1-7-11-14-17(8-2)20(27(22,25-9-3)26-10-4)18-15-12-13-16-19(18)21(23-5)24-6/h8,12-13,15-16,20-21H,7,9-11,14H2,1-6H3/b17-8+. The molecule has 0 aliphatic carbocycles. The zero-order valence-electron chi connectivity index (χ0n) is 17.6. The monoisotopic (exact) mass is 398 g/mol. The van der Waals surface area contributed by atoms with Crippen molar-refractivity contribution >= 4 is 7.60 Å². The molecule has 0 aliphatic rings. The van der Waals surface area contributed by atoms with Gasteiger partial charge >= 0.3 is 7.60 Å². The quantitative estimate of drug-likeness (QED) is 0.218. The molecule has 0 heterocycles. The van der Waals surface area contributed by atoms with E-state index < -0.39 is 19.5 Å². The smallest absolute Gasteiger partial charge is 0.342 e. The Morgan fingerprint density at radius 3 is 2.04 bits per heavy atom. The molecule has 0 aliphatic heterocycles. The summed E-state index contributed by atoms with van der Waals surface area (Å²) < 4.78 is 36.4. The molecule has 0 spiro atoms. The van der Waals surface area contributed by atoms with Crippen LogP contribution < -0.4 is 0 Å². The number of ether oxygens (including phenoxy) is 2. The molecule has 1 atom stereocenters. The van der Waals surface area contributed by atoms with Crippen molar-refractivity contribution in [2.75, 3.05) is 27.4 Å². The molecule has 1 aromatic rings. The molecule has 6 heteroatoms. The van der Waals surface area contributed by atoms with Crippen LogP contribution in [0.15, 0.2) is 35.9 Å². The van der Waals surface area contributed by atoms with Crippen LogP contribution in [0.4, 0.5) is 0 Å². The predicted molar refractivity (Wildman–Crippen MR) is 110 cm³/mol. The van der Waals surface area contributed by atoms with Crippen molar-refractivity contribution in [2.24, 2.45) is 0 Å². The van der Waals surface area contributed by atoms with E-state index in [1.165, 1.54) is 0 Å². The second-order valence-electron chi connectivity index (χ2n) is 6.18. The van der Waals surface area contributed by atoms with Crippen LogP contribution in [0.5, 0.6) is 0 Å². The third kappa shape index (κ3) is 6.27. The van der Waals surface area contributed by atoms with Crippen molar-refractivity contribution in [3.05, 3.63) is 47.0 Å². The normalized spacial score (nSPS) is 14.0. The number of benzene rings is 1. The third-order valence-corrected chi connectivity index (χ3v) is 6.93. The minimum absolute atomic E-state index is 0.318. The number of allylic oxidation sites excluding steroid dienone is 2. The van der Waals surface area contributed by atoms with E-state index in [2.05, 4.69) is 6.92 Å². The first kappa shape index (κ1) is 24.1. The summed E-state index contributed by atoms with van der Waals surface area (Å²) in [5.74, 6) is 0. The minimum atomic E-state index is -3.43. The van der Waals surface area contributed by atoms with Gasteiger partial charge in [-0.1, -0.05) is 49.3 Å². The van der Waals surface area contributed by atoms with Crippen LogP contribution in [0.2, 0.25) is 0 Å². The summed E-state index contributed by atoms with van der Waals surface area (Å²) in [6.07, 6.45) is 4.38. The van der Waals surface area contributed by atoms with E-state index in [1.54, 1.807) is 14.2 Å². The highest BCUT2D eigenvalue weighted by Crippen LogP contribution is 2.65. The Kier molecular flexibility index (Phi) is 11.1. The molecule has 27 heavy (non-hydrogen) atoms. The van der Waals surface area contributed by atoms with E-state index in [-0.39, 0.29) is 0 Å². The van der Waals surface area contributed by atoms with Crippen molar-refractivity contribution in [2.45, 2.75) is 58.9 Å². The van der Waals surface area contributed by atoms with Gasteiger partial charge in [-0.2, -0.15) is 0 Å². The lowest BCUT2D eigenvalue weighted by Crippen LogP contribution is -2.15. The summed E-state index contributed by atoms with van der Waals surface area (Å²) in [4.78, 5) is 0. The number of methoxy groups -OCH3 is 2. The highest BCUT2D eigenvalue weighted by Gasteiger charge is 2.40. The van der Waals surface area contributed by atoms with Crippen molar-refractivity contribution in [1.82, 2.24) is 0 Å². The van der Waals surface area contributed by atoms with Crippen LogP contribution in [-0.2, 0) is 23.1 Å². The summed E-state index contributed by atoms with van der Waals surface area (Å²) in [5.41, 5.74) is 2.27. The van der Waals surface area contributed by atoms with E-state index in [0.717, 1.165) is 36.0 Å². The van der Waals surface area contributed by atoms with Crippen LogP contribution >= 0.6 is 7.60 Å². The zero-order valence-corrected chi connectivity index (χ0v) is 18.5. The Balaban J connectivity index is 3.62. The van der Waals surface area contributed by atoms with Crippen molar-refractivity contribution in [3.63, 3.8) is 0 Å². The van der Waals surface area contributed by atoms with Gasteiger partial charge in [0.15, 0.2) is 6.29 Å². The minimum Gasteiger partial charge on any atom is -0.352 e. The number of hydrogen-bond acceptors (Lipinski definition) is 5. The van der Waals surface area contributed by atoms with Gasteiger partial charge in [-0.25, -0.2) is 0 Å². The molecule has 0 bridgehead atoms. The van der Waals surface area contributed by atoms with Gasteiger partial charge in [0.25, 0.3) is 0 Å². The van der Waals surface area contributed by atoms with Gasteiger partial charge < -0.3 is 18.5 Å². The number of hydrogen-bond donors (Lipinski definition) is 0. The molecule has 0 saturated carbocycles. The Morgan fingerprint density at radius 2 is 1.59 bits per heavy atom. The van der Waals surface area contributed by atoms with Gasteiger partial charge in [-0.15, -0.1) is 0 Å². The summed E-state index contributed by atoms with van der Waals surface area (Å²) in [5, 5.41) is 0. The van der Waals surface area contributed by atoms with Crippen molar-refractivity contribution in [1.29, 1.82) is 0 Å². The molecule has 1 unspecified atom stereocenters. The van der Waals surface area contributed by atoms with Crippen molar-refractivity contribution < 1.29 is 23.1 Å². The molecule has 154 valence electrons. The second-order valence-corrected chi connectivity index (χ2v) is 8.29. The van der Waals surface area contributed by atoms with E-state index in [4.69, 9.17) is 18.5 Å².